The third-order valence-electron chi connectivity index (χ3n) is 4.31. The fourth-order valence-electron chi connectivity index (χ4n) is 2.91. The van der Waals surface area contributed by atoms with Gasteiger partial charge in [0.1, 0.15) is 35.9 Å². The summed E-state index contributed by atoms with van der Waals surface area (Å²) in [5.74, 6) is 0.623. The molecule has 1 aromatic rings. The summed E-state index contributed by atoms with van der Waals surface area (Å²) < 4.78 is 5.64. The van der Waals surface area contributed by atoms with E-state index in [0.29, 0.717) is 5.75 Å². The molecule has 1 saturated heterocycles. The van der Waals surface area contributed by atoms with Crippen LogP contribution in [0.2, 0.25) is 0 Å². The number of rotatable bonds is 8. The average molecular weight is 359 g/mol. The summed E-state index contributed by atoms with van der Waals surface area (Å²) in [5, 5.41) is 48.4. The van der Waals surface area contributed by atoms with Gasteiger partial charge in [-0.15, -0.1) is 0 Å². The summed E-state index contributed by atoms with van der Waals surface area (Å²) >= 11 is 0. The number of aliphatic hydroxyl groups excluding tert-OH is 5. The van der Waals surface area contributed by atoms with E-state index in [1.807, 2.05) is 31.2 Å². The average Bonchev–Trinajstić information content (AvgIpc) is 2.81. The largest absolute Gasteiger partial charge is 0.394 e. The van der Waals surface area contributed by atoms with Crippen molar-refractivity contribution in [3.8, 4) is 0 Å². The van der Waals surface area contributed by atoms with Crippen LogP contribution in [0, 0.1) is 6.92 Å². The zero-order valence-corrected chi connectivity index (χ0v) is 14.6. The number of aryl methyl sites for hydroxylation is 1. The first-order valence-electron chi connectivity index (χ1n) is 8.05. The van der Waals surface area contributed by atoms with Crippen LogP contribution in [0.25, 0.3) is 0 Å². The van der Waals surface area contributed by atoms with E-state index in [-0.39, 0.29) is 25.6 Å². The molecule has 5 N–H and O–H groups in total. The Morgan fingerprint density at radius 3 is 2.67 bits per heavy atom. The van der Waals surface area contributed by atoms with Gasteiger partial charge in [-0.3, -0.25) is 0 Å². The van der Waals surface area contributed by atoms with Gasteiger partial charge >= 0.3 is 0 Å². The van der Waals surface area contributed by atoms with Gasteiger partial charge in [0, 0.05) is 10.9 Å². The maximum absolute atomic E-state index is 10.4. The van der Waals surface area contributed by atoms with Crippen molar-refractivity contribution < 1.29 is 30.3 Å². The second-order valence-electron chi connectivity index (χ2n) is 6.24. The van der Waals surface area contributed by atoms with Crippen molar-refractivity contribution in [1.82, 2.24) is 0 Å². The van der Waals surface area contributed by atoms with E-state index >= 15 is 0 Å². The molecule has 1 aromatic carbocycles. The zero-order chi connectivity index (χ0) is 17.7. The predicted molar refractivity (Wildman–Crippen MR) is 92.8 cm³/mol. The van der Waals surface area contributed by atoms with E-state index in [2.05, 4.69) is 0 Å². The number of benzene rings is 1. The topological polar surface area (TPSA) is 110 Å². The van der Waals surface area contributed by atoms with Crippen molar-refractivity contribution in [3.05, 3.63) is 35.4 Å². The van der Waals surface area contributed by atoms with Crippen molar-refractivity contribution in [3.63, 3.8) is 0 Å². The summed E-state index contributed by atoms with van der Waals surface area (Å²) in [6, 6.07) is 7.80. The Morgan fingerprint density at radius 1 is 1.29 bits per heavy atom. The molecule has 6 atom stereocenters. The Bertz CT molecular complexity index is 514. The van der Waals surface area contributed by atoms with Gasteiger partial charge < -0.3 is 30.3 Å². The van der Waals surface area contributed by atoms with Crippen LogP contribution in [-0.2, 0) is 22.2 Å². The maximum atomic E-state index is 10.4. The van der Waals surface area contributed by atoms with Crippen LogP contribution in [0.3, 0.4) is 0 Å². The van der Waals surface area contributed by atoms with E-state index < -0.39 is 40.6 Å². The summed E-state index contributed by atoms with van der Waals surface area (Å²) in [4.78, 5) is 0. The van der Waals surface area contributed by atoms with Crippen LogP contribution < -0.4 is 0 Å². The van der Waals surface area contributed by atoms with Gasteiger partial charge in [0.2, 0.25) is 0 Å². The SMILES string of the molecule is Cc1cccc(CO[C@@H](CO)C(O)C[S+]2C[C@@H](O)[C@H](O)[C@H]2CO)c1. The standard InChI is InChI=1S/C17H27O6S/c1-11-3-2-4-12(5-11)8-23-15(6-18)13(20)9-24-10-14(21)17(22)16(24)7-19/h2-5,13-22H,6-10H2,1H3/q+1/t13?,14-,15+,16-,17+,24?/m1/s1. The minimum atomic E-state index is -0.966. The predicted octanol–water partition coefficient (Wildman–Crippen LogP) is -1.05. The van der Waals surface area contributed by atoms with E-state index in [4.69, 9.17) is 4.74 Å². The second-order valence-corrected chi connectivity index (χ2v) is 8.59. The van der Waals surface area contributed by atoms with Crippen LogP contribution in [0.5, 0.6) is 0 Å². The third-order valence-corrected chi connectivity index (χ3v) is 7.13. The molecular formula is C17H27O6S+. The Morgan fingerprint density at radius 2 is 2.04 bits per heavy atom. The Labute approximate surface area is 145 Å². The van der Waals surface area contributed by atoms with Gasteiger partial charge in [0.05, 0.1) is 19.8 Å². The van der Waals surface area contributed by atoms with Crippen LogP contribution in [-0.4, -0.2) is 79.9 Å². The first-order chi connectivity index (χ1) is 11.5. The van der Waals surface area contributed by atoms with Crippen molar-refractivity contribution >= 4 is 10.9 Å². The van der Waals surface area contributed by atoms with Gasteiger partial charge in [-0.1, -0.05) is 29.8 Å². The molecule has 24 heavy (non-hydrogen) atoms. The smallest absolute Gasteiger partial charge is 0.169 e. The minimum Gasteiger partial charge on any atom is -0.394 e. The summed E-state index contributed by atoms with van der Waals surface area (Å²) in [6.45, 7) is 1.71. The number of hydrogen-bond acceptors (Lipinski definition) is 6. The molecule has 0 aromatic heterocycles. The van der Waals surface area contributed by atoms with E-state index in [1.54, 1.807) is 0 Å². The zero-order valence-electron chi connectivity index (χ0n) is 13.8. The van der Waals surface area contributed by atoms with Crippen molar-refractivity contribution in [2.75, 3.05) is 24.7 Å². The lowest BCUT2D eigenvalue weighted by atomic mass is 10.1. The first kappa shape index (κ1) is 19.7. The number of ether oxygens (including phenoxy) is 1. The summed E-state index contributed by atoms with van der Waals surface area (Å²) in [6.07, 6.45) is -3.51. The summed E-state index contributed by atoms with van der Waals surface area (Å²) in [5.41, 5.74) is 2.07. The summed E-state index contributed by atoms with van der Waals surface area (Å²) in [7, 11) is -0.520. The molecule has 0 amide bonds. The van der Waals surface area contributed by atoms with Crippen LogP contribution in [0.1, 0.15) is 11.1 Å². The molecule has 2 unspecified atom stereocenters. The highest BCUT2D eigenvalue weighted by molar-refractivity contribution is 7.97. The van der Waals surface area contributed by atoms with Crippen molar-refractivity contribution in [2.24, 2.45) is 0 Å². The Hall–Kier alpha value is -0.670. The van der Waals surface area contributed by atoms with E-state index in [9.17, 15) is 25.5 Å². The number of hydrogen-bond donors (Lipinski definition) is 5. The fourth-order valence-corrected chi connectivity index (χ4v) is 5.62. The molecule has 1 aliphatic rings. The molecule has 0 radical (unpaired) electrons. The van der Waals surface area contributed by atoms with Crippen LogP contribution >= 0.6 is 0 Å². The van der Waals surface area contributed by atoms with Crippen LogP contribution in [0.15, 0.2) is 24.3 Å². The monoisotopic (exact) mass is 359 g/mol. The molecule has 1 aliphatic heterocycles. The Kier molecular flexibility index (Phi) is 7.49. The second kappa shape index (κ2) is 9.15. The molecule has 2 rings (SSSR count). The molecule has 0 spiro atoms. The molecule has 136 valence electrons. The van der Waals surface area contributed by atoms with Gasteiger partial charge in [-0.2, -0.15) is 0 Å². The normalized spacial score (nSPS) is 29.6. The highest BCUT2D eigenvalue weighted by Gasteiger charge is 2.50. The lowest BCUT2D eigenvalue weighted by molar-refractivity contribution is -0.0623. The lowest BCUT2D eigenvalue weighted by Crippen LogP contribution is -2.42. The highest BCUT2D eigenvalue weighted by Crippen LogP contribution is 2.25. The highest BCUT2D eigenvalue weighted by atomic mass is 32.2. The Balaban J connectivity index is 1.90. The van der Waals surface area contributed by atoms with Gasteiger partial charge in [0.25, 0.3) is 0 Å². The molecular weight excluding hydrogens is 332 g/mol. The van der Waals surface area contributed by atoms with E-state index in [0.717, 1.165) is 11.1 Å². The molecule has 6 nitrogen and oxygen atoms in total. The molecule has 1 fully saturated rings. The molecule has 7 heteroatoms. The van der Waals surface area contributed by atoms with Crippen molar-refractivity contribution in [2.45, 2.75) is 43.2 Å². The first-order valence-corrected chi connectivity index (χ1v) is 9.68. The molecule has 0 bridgehead atoms. The fraction of sp³-hybridized carbons (Fsp3) is 0.647. The van der Waals surface area contributed by atoms with E-state index in [1.165, 1.54) is 0 Å². The van der Waals surface area contributed by atoms with Gasteiger partial charge in [-0.25, -0.2) is 0 Å². The van der Waals surface area contributed by atoms with Gasteiger partial charge in [-0.05, 0) is 12.5 Å². The maximum Gasteiger partial charge on any atom is 0.169 e. The quantitative estimate of drug-likeness (QED) is 0.379. The third kappa shape index (κ3) is 4.92. The lowest BCUT2D eigenvalue weighted by Gasteiger charge is -2.22. The molecule has 1 heterocycles. The number of aliphatic hydroxyl groups is 5. The minimum absolute atomic E-state index is 0.234. The molecule has 0 saturated carbocycles. The van der Waals surface area contributed by atoms with Gasteiger partial charge in [0.15, 0.2) is 5.25 Å². The van der Waals surface area contributed by atoms with Crippen molar-refractivity contribution in [1.29, 1.82) is 0 Å². The molecule has 0 aliphatic carbocycles. The van der Waals surface area contributed by atoms with Crippen LogP contribution in [0.4, 0.5) is 0 Å².